The number of hydrogen-bond donors (Lipinski definition) is 2. The van der Waals surface area contributed by atoms with Gasteiger partial charge in [0.2, 0.25) is 5.91 Å². The largest absolute Gasteiger partial charge is 0.393 e. The number of nitrogens with one attached hydrogen (secondary N) is 1. The van der Waals surface area contributed by atoms with Gasteiger partial charge in [-0.05, 0) is 37.0 Å². The summed E-state index contributed by atoms with van der Waals surface area (Å²) < 4.78 is 1.67. The van der Waals surface area contributed by atoms with Crippen molar-refractivity contribution in [3.8, 4) is 0 Å². The number of aliphatic hydroxyl groups excluding tert-OH is 1. The summed E-state index contributed by atoms with van der Waals surface area (Å²) >= 11 is 0. The number of benzene rings is 1. The third-order valence-electron chi connectivity index (χ3n) is 4.99. The molecule has 0 unspecified atom stereocenters. The Kier molecular flexibility index (Phi) is 4.67. The highest BCUT2D eigenvalue weighted by molar-refractivity contribution is 5.80. The molecule has 1 atom stereocenters. The number of nitrogens with zero attached hydrogens (tertiary/aromatic N) is 3. The molecule has 2 N–H and O–H groups in total. The van der Waals surface area contributed by atoms with Crippen molar-refractivity contribution in [2.24, 2.45) is 5.92 Å². The number of carbonyl (C=O) groups is 1. The van der Waals surface area contributed by atoms with Crippen LogP contribution in [-0.2, 0) is 17.8 Å². The van der Waals surface area contributed by atoms with Gasteiger partial charge in [0.05, 0.1) is 11.6 Å². The fourth-order valence-corrected chi connectivity index (χ4v) is 3.53. The molecule has 3 aromatic rings. The van der Waals surface area contributed by atoms with E-state index in [1.54, 1.807) is 10.9 Å². The second kappa shape index (κ2) is 7.25. The van der Waals surface area contributed by atoms with Crippen LogP contribution in [0.15, 0.2) is 54.9 Å². The van der Waals surface area contributed by atoms with Crippen LogP contribution in [0.4, 0.5) is 0 Å². The number of aromatic nitrogens is 3. The first-order valence-electron chi connectivity index (χ1n) is 8.97. The van der Waals surface area contributed by atoms with E-state index in [-0.39, 0.29) is 30.5 Å². The normalized spacial score (nSPS) is 20.5. The molecular weight excluding hydrogens is 328 g/mol. The van der Waals surface area contributed by atoms with E-state index >= 15 is 0 Å². The Balaban J connectivity index is 1.43. The molecule has 1 aromatic carbocycles. The minimum atomic E-state index is -0.250. The van der Waals surface area contributed by atoms with Crippen LogP contribution in [0.3, 0.4) is 0 Å². The SMILES string of the molecule is O=C(Cn1cc2ccccc2n1)N[C@@H](Cc1ccccn1)C1CC(O)C1. The van der Waals surface area contributed by atoms with E-state index in [0.29, 0.717) is 6.42 Å². The number of pyridine rings is 1. The zero-order chi connectivity index (χ0) is 17.9. The summed E-state index contributed by atoms with van der Waals surface area (Å²) in [6.45, 7) is 0.183. The molecule has 0 saturated heterocycles. The van der Waals surface area contributed by atoms with Gasteiger partial charge in [0, 0.05) is 35.9 Å². The van der Waals surface area contributed by atoms with E-state index in [2.05, 4.69) is 15.4 Å². The quantitative estimate of drug-likeness (QED) is 0.712. The smallest absolute Gasteiger partial charge is 0.241 e. The molecule has 4 rings (SSSR count). The fraction of sp³-hybridized carbons (Fsp3) is 0.350. The fourth-order valence-electron chi connectivity index (χ4n) is 3.53. The molecule has 1 aliphatic rings. The number of rotatable bonds is 6. The molecule has 26 heavy (non-hydrogen) atoms. The number of fused-ring (bicyclic) bond motifs is 1. The van der Waals surface area contributed by atoms with Crippen molar-refractivity contribution < 1.29 is 9.90 Å². The summed E-state index contributed by atoms with van der Waals surface area (Å²) in [5.74, 6) is 0.216. The molecule has 134 valence electrons. The number of aliphatic hydroxyl groups is 1. The lowest BCUT2D eigenvalue weighted by Crippen LogP contribution is -2.49. The standard InChI is InChI=1S/C20H22N4O2/c25-17-9-15(10-17)19(11-16-6-3-4-8-21-16)22-20(26)13-24-12-14-5-1-2-7-18(14)23-24/h1-8,12,15,17,19,25H,9-11,13H2,(H,22,26)/t15?,17?,19-/m0/s1. The van der Waals surface area contributed by atoms with Crippen LogP contribution in [0.5, 0.6) is 0 Å². The molecule has 6 nitrogen and oxygen atoms in total. The Hall–Kier alpha value is -2.73. The highest BCUT2D eigenvalue weighted by atomic mass is 16.3. The summed E-state index contributed by atoms with van der Waals surface area (Å²) in [5.41, 5.74) is 1.83. The van der Waals surface area contributed by atoms with Gasteiger partial charge in [0.25, 0.3) is 0 Å². The molecule has 1 fully saturated rings. The van der Waals surface area contributed by atoms with Crippen LogP contribution in [0.1, 0.15) is 18.5 Å². The van der Waals surface area contributed by atoms with E-state index in [1.165, 1.54) is 0 Å². The van der Waals surface area contributed by atoms with Gasteiger partial charge in [-0.3, -0.25) is 14.5 Å². The van der Waals surface area contributed by atoms with E-state index in [4.69, 9.17) is 0 Å². The average Bonchev–Trinajstić information content (AvgIpc) is 3.01. The van der Waals surface area contributed by atoms with Gasteiger partial charge in [0.1, 0.15) is 6.54 Å². The van der Waals surface area contributed by atoms with Crippen LogP contribution in [0.2, 0.25) is 0 Å². The van der Waals surface area contributed by atoms with Crippen molar-refractivity contribution in [2.45, 2.75) is 38.0 Å². The van der Waals surface area contributed by atoms with Crippen molar-refractivity contribution in [1.29, 1.82) is 0 Å². The van der Waals surface area contributed by atoms with Gasteiger partial charge in [-0.2, -0.15) is 5.10 Å². The zero-order valence-electron chi connectivity index (χ0n) is 14.5. The Morgan fingerprint density at radius 2 is 2.04 bits per heavy atom. The lowest BCUT2D eigenvalue weighted by molar-refractivity contribution is -0.123. The van der Waals surface area contributed by atoms with Crippen LogP contribution in [0, 0.1) is 5.92 Å². The van der Waals surface area contributed by atoms with Gasteiger partial charge < -0.3 is 10.4 Å². The van der Waals surface area contributed by atoms with E-state index in [0.717, 1.165) is 29.4 Å². The third kappa shape index (κ3) is 3.75. The zero-order valence-corrected chi connectivity index (χ0v) is 14.5. The highest BCUT2D eigenvalue weighted by Gasteiger charge is 2.35. The Morgan fingerprint density at radius 1 is 1.23 bits per heavy atom. The van der Waals surface area contributed by atoms with Crippen molar-refractivity contribution in [3.05, 3.63) is 60.6 Å². The van der Waals surface area contributed by atoms with Gasteiger partial charge in [-0.1, -0.05) is 24.3 Å². The molecule has 0 bridgehead atoms. The summed E-state index contributed by atoms with van der Waals surface area (Å²) in [7, 11) is 0. The first kappa shape index (κ1) is 16.7. The predicted octanol–water partition coefficient (Wildman–Crippen LogP) is 1.93. The second-order valence-corrected chi connectivity index (χ2v) is 6.97. The Bertz CT molecular complexity index is 854. The average molecular weight is 350 g/mol. The van der Waals surface area contributed by atoms with Gasteiger partial charge in [-0.25, -0.2) is 0 Å². The van der Waals surface area contributed by atoms with E-state index < -0.39 is 0 Å². The van der Waals surface area contributed by atoms with Crippen LogP contribution < -0.4 is 5.32 Å². The number of amides is 1. The monoisotopic (exact) mass is 350 g/mol. The first-order valence-corrected chi connectivity index (χ1v) is 8.97. The number of carbonyl (C=O) groups excluding carboxylic acids is 1. The van der Waals surface area contributed by atoms with Crippen LogP contribution in [-0.4, -0.2) is 37.9 Å². The highest BCUT2D eigenvalue weighted by Crippen LogP contribution is 2.31. The molecule has 2 aromatic heterocycles. The van der Waals surface area contributed by atoms with Crippen molar-refractivity contribution >= 4 is 16.8 Å². The molecule has 2 heterocycles. The Labute approximate surface area is 151 Å². The summed E-state index contributed by atoms with van der Waals surface area (Å²) in [6.07, 6.45) is 5.52. The maximum atomic E-state index is 12.6. The second-order valence-electron chi connectivity index (χ2n) is 6.97. The maximum absolute atomic E-state index is 12.6. The molecule has 0 radical (unpaired) electrons. The first-order chi connectivity index (χ1) is 12.7. The minimum Gasteiger partial charge on any atom is -0.393 e. The topological polar surface area (TPSA) is 80.0 Å². The summed E-state index contributed by atoms with van der Waals surface area (Å²) in [5, 5.41) is 18.2. The van der Waals surface area contributed by atoms with E-state index in [1.807, 2.05) is 48.7 Å². The molecule has 1 aliphatic carbocycles. The van der Waals surface area contributed by atoms with Gasteiger partial charge in [-0.15, -0.1) is 0 Å². The molecule has 6 heteroatoms. The lowest BCUT2D eigenvalue weighted by atomic mass is 9.76. The Morgan fingerprint density at radius 3 is 2.77 bits per heavy atom. The minimum absolute atomic E-state index is 0.0224. The summed E-state index contributed by atoms with van der Waals surface area (Å²) in [6, 6.07) is 13.6. The summed E-state index contributed by atoms with van der Waals surface area (Å²) in [4.78, 5) is 16.9. The molecule has 0 aliphatic heterocycles. The van der Waals surface area contributed by atoms with Crippen molar-refractivity contribution in [3.63, 3.8) is 0 Å². The van der Waals surface area contributed by atoms with Crippen molar-refractivity contribution in [2.75, 3.05) is 0 Å². The number of hydrogen-bond acceptors (Lipinski definition) is 4. The van der Waals surface area contributed by atoms with Crippen LogP contribution >= 0.6 is 0 Å². The third-order valence-corrected chi connectivity index (χ3v) is 4.99. The maximum Gasteiger partial charge on any atom is 0.241 e. The van der Waals surface area contributed by atoms with Crippen LogP contribution in [0.25, 0.3) is 10.9 Å². The van der Waals surface area contributed by atoms with Crippen molar-refractivity contribution in [1.82, 2.24) is 20.1 Å². The molecule has 1 amide bonds. The molecule has 1 saturated carbocycles. The molecule has 0 spiro atoms. The van der Waals surface area contributed by atoms with E-state index in [9.17, 15) is 9.90 Å². The predicted molar refractivity (Wildman–Crippen MR) is 98.3 cm³/mol. The van der Waals surface area contributed by atoms with Gasteiger partial charge >= 0.3 is 0 Å². The molecular formula is C20H22N4O2. The lowest BCUT2D eigenvalue weighted by Gasteiger charge is -2.38. The van der Waals surface area contributed by atoms with Gasteiger partial charge in [0.15, 0.2) is 0 Å².